The molecule has 0 rings (SSSR count). The van der Waals surface area contributed by atoms with E-state index in [4.69, 9.17) is 11.5 Å². The number of hydrogen-bond donors (Lipinski definition) is 4. The van der Waals surface area contributed by atoms with Gasteiger partial charge in [-0.05, 0) is 51.4 Å². The quantitative estimate of drug-likeness (QED) is 0.0485. The van der Waals surface area contributed by atoms with E-state index in [2.05, 4.69) is 24.5 Å². The average Bonchev–Trinajstić information content (AvgIpc) is 3.07. The van der Waals surface area contributed by atoms with Gasteiger partial charge in [-0.15, -0.1) is 0 Å². The van der Waals surface area contributed by atoms with E-state index < -0.39 is 0 Å². The van der Waals surface area contributed by atoms with Crippen molar-refractivity contribution in [3.63, 3.8) is 0 Å². The lowest BCUT2D eigenvalue weighted by Gasteiger charge is -2.11. The summed E-state index contributed by atoms with van der Waals surface area (Å²) in [5, 5.41) is 6.16. The zero-order valence-electron chi connectivity index (χ0n) is 32.6. The minimum absolute atomic E-state index is 0.200. The molecule has 6 nitrogen and oxygen atoms in total. The lowest BCUT2D eigenvalue weighted by molar-refractivity contribution is -0.122. The molecule has 0 aliphatic rings. The second kappa shape index (κ2) is 38.7. The highest BCUT2D eigenvalue weighted by atomic mass is 16.2. The molecule has 0 saturated heterocycles. The number of unbranched alkanes of at least 4 members (excludes halogenated alkanes) is 23. The van der Waals surface area contributed by atoms with Crippen molar-refractivity contribution >= 4 is 11.8 Å². The largest absolute Gasteiger partial charge is 0.356 e. The second-order valence-electron chi connectivity index (χ2n) is 15.1. The number of carbonyl (C=O) groups excluding carboxylic acids is 2. The third-order valence-corrected chi connectivity index (χ3v) is 10.1. The van der Waals surface area contributed by atoms with E-state index in [-0.39, 0.29) is 11.8 Å². The van der Waals surface area contributed by atoms with Crippen LogP contribution in [0, 0.1) is 0 Å². The SMILES string of the molecule is CCCCCCCCC(N)CCCCCCCCC(=O)NCCCCCCNC(=O)CCCCCCCCC(N)CCCCCCCC. The number of nitrogens with two attached hydrogens (primary N) is 2. The van der Waals surface area contributed by atoms with E-state index in [0.29, 0.717) is 24.9 Å². The first-order valence-electron chi connectivity index (χ1n) is 21.5. The van der Waals surface area contributed by atoms with Crippen LogP contribution < -0.4 is 22.1 Å². The van der Waals surface area contributed by atoms with Gasteiger partial charge in [-0.1, -0.05) is 168 Å². The van der Waals surface area contributed by atoms with Crippen LogP contribution in [0.4, 0.5) is 0 Å². The summed E-state index contributed by atoms with van der Waals surface area (Å²) in [6.07, 6.45) is 40.8. The third kappa shape index (κ3) is 37.7. The first-order chi connectivity index (χ1) is 23.5. The van der Waals surface area contributed by atoms with Gasteiger partial charge >= 0.3 is 0 Å². The van der Waals surface area contributed by atoms with Gasteiger partial charge in [0.15, 0.2) is 0 Å². The molecule has 286 valence electrons. The number of carbonyl (C=O) groups is 2. The van der Waals surface area contributed by atoms with E-state index in [1.807, 2.05) is 0 Å². The lowest BCUT2D eigenvalue weighted by atomic mass is 10.0. The van der Waals surface area contributed by atoms with Gasteiger partial charge in [0.05, 0.1) is 0 Å². The molecule has 0 aromatic heterocycles. The van der Waals surface area contributed by atoms with Gasteiger partial charge in [0.2, 0.25) is 11.8 Å². The van der Waals surface area contributed by atoms with Crippen molar-refractivity contribution in [3.05, 3.63) is 0 Å². The third-order valence-electron chi connectivity index (χ3n) is 10.1. The van der Waals surface area contributed by atoms with Crippen LogP contribution in [0.1, 0.15) is 232 Å². The van der Waals surface area contributed by atoms with Gasteiger partial charge in [-0.2, -0.15) is 0 Å². The Hall–Kier alpha value is -1.14. The standard InChI is InChI=1S/C42H86N4O2/c1-3-5-7-9-15-23-31-39(43)33-25-17-11-13-19-27-35-41(47)45-37-29-21-22-30-38-46-42(48)36-28-20-14-12-18-26-34-40(44)32-24-16-10-8-6-4-2/h39-40H,3-38,43-44H2,1-2H3,(H,45,47)(H,46,48). The highest BCUT2D eigenvalue weighted by molar-refractivity contribution is 5.76. The van der Waals surface area contributed by atoms with E-state index in [1.165, 1.54) is 154 Å². The van der Waals surface area contributed by atoms with E-state index in [0.717, 1.165) is 64.5 Å². The molecule has 0 aromatic carbocycles. The fraction of sp³-hybridized carbons (Fsp3) is 0.952. The van der Waals surface area contributed by atoms with E-state index in [9.17, 15) is 9.59 Å². The van der Waals surface area contributed by atoms with Crippen LogP contribution in [0.15, 0.2) is 0 Å². The summed E-state index contributed by atoms with van der Waals surface area (Å²) in [5.74, 6) is 0.400. The van der Waals surface area contributed by atoms with E-state index >= 15 is 0 Å². The molecule has 2 atom stereocenters. The molecule has 2 unspecified atom stereocenters. The van der Waals surface area contributed by atoms with Gasteiger partial charge in [-0.3, -0.25) is 9.59 Å². The van der Waals surface area contributed by atoms with Crippen LogP contribution in [0.2, 0.25) is 0 Å². The molecule has 0 aliphatic carbocycles. The molecule has 6 heteroatoms. The van der Waals surface area contributed by atoms with E-state index in [1.54, 1.807) is 0 Å². The maximum atomic E-state index is 12.1. The van der Waals surface area contributed by atoms with Crippen molar-refractivity contribution in [3.8, 4) is 0 Å². The van der Waals surface area contributed by atoms with Gasteiger partial charge < -0.3 is 22.1 Å². The fourth-order valence-electron chi connectivity index (χ4n) is 6.70. The molecule has 0 radical (unpaired) electrons. The molecule has 6 N–H and O–H groups in total. The molecular weight excluding hydrogens is 592 g/mol. The summed E-state index contributed by atoms with van der Waals surface area (Å²) in [6, 6.07) is 0.780. The Bertz CT molecular complexity index is 618. The van der Waals surface area contributed by atoms with Gasteiger partial charge in [0.25, 0.3) is 0 Å². The smallest absolute Gasteiger partial charge is 0.219 e. The van der Waals surface area contributed by atoms with Crippen LogP contribution in [0.3, 0.4) is 0 Å². The molecular formula is C42H86N4O2. The summed E-state index contributed by atoms with van der Waals surface area (Å²) < 4.78 is 0. The number of amides is 2. The van der Waals surface area contributed by atoms with Crippen LogP contribution in [0.25, 0.3) is 0 Å². The normalized spacial score (nSPS) is 12.7. The van der Waals surface area contributed by atoms with Crippen molar-refractivity contribution in [2.45, 2.75) is 244 Å². The van der Waals surface area contributed by atoms with Crippen LogP contribution >= 0.6 is 0 Å². The average molecular weight is 679 g/mol. The molecule has 0 heterocycles. The molecule has 2 amide bonds. The summed E-state index contributed by atoms with van der Waals surface area (Å²) in [6.45, 7) is 6.08. The maximum Gasteiger partial charge on any atom is 0.219 e. The molecule has 0 spiro atoms. The Labute approximate surface area is 300 Å². The predicted molar refractivity (Wildman–Crippen MR) is 210 cm³/mol. The van der Waals surface area contributed by atoms with Crippen molar-refractivity contribution < 1.29 is 9.59 Å². The summed E-state index contributed by atoms with van der Waals surface area (Å²) in [7, 11) is 0. The number of nitrogens with one attached hydrogen (secondary N) is 2. The van der Waals surface area contributed by atoms with Crippen LogP contribution in [-0.4, -0.2) is 37.0 Å². The highest BCUT2D eigenvalue weighted by Crippen LogP contribution is 2.15. The number of rotatable bonds is 39. The minimum Gasteiger partial charge on any atom is -0.356 e. The van der Waals surface area contributed by atoms with Crippen LogP contribution in [-0.2, 0) is 9.59 Å². The first kappa shape index (κ1) is 46.9. The number of hydrogen-bond acceptors (Lipinski definition) is 4. The Kier molecular flexibility index (Phi) is 37.7. The Balaban J connectivity index is 3.34. The zero-order valence-corrected chi connectivity index (χ0v) is 32.6. The van der Waals surface area contributed by atoms with Crippen molar-refractivity contribution in [2.75, 3.05) is 13.1 Å². The van der Waals surface area contributed by atoms with Crippen molar-refractivity contribution in [1.29, 1.82) is 0 Å². The fourth-order valence-corrected chi connectivity index (χ4v) is 6.70. The first-order valence-corrected chi connectivity index (χ1v) is 21.5. The Morgan fingerprint density at radius 3 is 0.938 bits per heavy atom. The van der Waals surface area contributed by atoms with Gasteiger partial charge in [0, 0.05) is 38.0 Å². The highest BCUT2D eigenvalue weighted by Gasteiger charge is 2.05. The molecule has 0 aliphatic heterocycles. The van der Waals surface area contributed by atoms with Gasteiger partial charge in [0.1, 0.15) is 0 Å². The van der Waals surface area contributed by atoms with Crippen molar-refractivity contribution in [2.24, 2.45) is 11.5 Å². The molecule has 0 bridgehead atoms. The predicted octanol–water partition coefficient (Wildman–Crippen LogP) is 11.2. The lowest BCUT2D eigenvalue weighted by Crippen LogP contribution is -2.24. The molecule has 0 saturated carbocycles. The summed E-state index contributed by atoms with van der Waals surface area (Å²) >= 11 is 0. The topological polar surface area (TPSA) is 110 Å². The van der Waals surface area contributed by atoms with Crippen molar-refractivity contribution in [1.82, 2.24) is 10.6 Å². The zero-order chi connectivity index (χ0) is 35.2. The van der Waals surface area contributed by atoms with Crippen LogP contribution in [0.5, 0.6) is 0 Å². The molecule has 48 heavy (non-hydrogen) atoms. The second-order valence-corrected chi connectivity index (χ2v) is 15.1. The monoisotopic (exact) mass is 679 g/mol. The Morgan fingerprint density at radius 2 is 0.625 bits per heavy atom. The summed E-state index contributed by atoms with van der Waals surface area (Å²) in [5.41, 5.74) is 12.6. The minimum atomic E-state index is 0.200. The Morgan fingerprint density at radius 1 is 0.375 bits per heavy atom. The molecule has 0 aromatic rings. The maximum absolute atomic E-state index is 12.1. The van der Waals surface area contributed by atoms with Gasteiger partial charge in [-0.25, -0.2) is 0 Å². The molecule has 0 fully saturated rings. The summed E-state index contributed by atoms with van der Waals surface area (Å²) in [4.78, 5) is 24.2.